The smallest absolute Gasteiger partial charge is 0.233 e. The summed E-state index contributed by atoms with van der Waals surface area (Å²) in [6, 6.07) is 10.6. The maximum atomic E-state index is 12.0. The Morgan fingerprint density at radius 3 is 2.90 bits per heavy atom. The summed E-state index contributed by atoms with van der Waals surface area (Å²) in [5, 5.41) is 5.02. The second-order valence-corrected chi connectivity index (χ2v) is 6.70. The Morgan fingerprint density at radius 2 is 2.15 bits per heavy atom. The van der Waals surface area contributed by atoms with Crippen LogP contribution in [0.2, 0.25) is 0 Å². The Labute approximate surface area is 123 Å². The number of para-hydroxylation sites is 1. The number of hydrogen-bond donors (Lipinski definition) is 1. The summed E-state index contributed by atoms with van der Waals surface area (Å²) >= 11 is 1.53. The monoisotopic (exact) mass is 286 g/mol. The zero-order valence-electron chi connectivity index (χ0n) is 11.7. The lowest BCUT2D eigenvalue weighted by Gasteiger charge is -2.12. The van der Waals surface area contributed by atoms with Crippen molar-refractivity contribution in [2.75, 3.05) is 0 Å². The number of carbonyl (C=O) groups excluding carboxylic acids is 1. The summed E-state index contributed by atoms with van der Waals surface area (Å²) in [6.45, 7) is 4.03. The van der Waals surface area contributed by atoms with Crippen molar-refractivity contribution in [1.29, 1.82) is 0 Å². The lowest BCUT2D eigenvalue weighted by Crippen LogP contribution is -2.32. The lowest BCUT2D eigenvalue weighted by molar-refractivity contribution is -0.120. The van der Waals surface area contributed by atoms with Crippen molar-refractivity contribution < 1.29 is 4.79 Å². The van der Waals surface area contributed by atoms with E-state index in [9.17, 15) is 4.79 Å². The first-order chi connectivity index (χ1) is 9.63. The molecule has 0 aliphatic heterocycles. The minimum absolute atomic E-state index is 0.108. The van der Waals surface area contributed by atoms with Gasteiger partial charge in [0.25, 0.3) is 0 Å². The number of carbonyl (C=O) groups is 1. The summed E-state index contributed by atoms with van der Waals surface area (Å²) < 4.78 is 0. The zero-order valence-corrected chi connectivity index (χ0v) is 12.5. The fourth-order valence-electron chi connectivity index (χ4n) is 2.16. The number of aromatic nitrogens is 1. The van der Waals surface area contributed by atoms with Crippen molar-refractivity contribution in [3.05, 3.63) is 35.9 Å². The molecular formula is C16H18N2OS. The second kappa shape index (κ2) is 5.44. The van der Waals surface area contributed by atoms with E-state index in [0.717, 1.165) is 23.4 Å². The summed E-state index contributed by atoms with van der Waals surface area (Å²) in [5.74, 6) is 0.116. The largest absolute Gasteiger partial charge is 0.352 e. The van der Waals surface area contributed by atoms with Gasteiger partial charge < -0.3 is 5.32 Å². The maximum Gasteiger partial charge on any atom is 0.233 e. The standard InChI is InChI=1S/C16H18N2OS/c1-10-9-15(18-14-6-4-3-5-13(10)14)20-11(2)16(19)17-12-7-8-12/h3-6,9,11-12H,7-8H2,1-2H3,(H,17,19)/t11-/m1/s1. The highest BCUT2D eigenvalue weighted by Gasteiger charge is 2.26. The van der Waals surface area contributed by atoms with Crippen molar-refractivity contribution in [2.24, 2.45) is 0 Å². The van der Waals surface area contributed by atoms with Crippen LogP contribution in [0, 0.1) is 6.92 Å². The molecule has 104 valence electrons. The first-order valence-electron chi connectivity index (χ1n) is 6.97. The number of nitrogens with one attached hydrogen (secondary N) is 1. The second-order valence-electron chi connectivity index (χ2n) is 5.34. The summed E-state index contributed by atoms with van der Waals surface area (Å²) in [6.07, 6.45) is 2.24. The Hall–Kier alpha value is -1.55. The third-order valence-electron chi connectivity index (χ3n) is 3.49. The molecule has 1 amide bonds. The molecule has 0 unspecified atom stereocenters. The highest BCUT2D eigenvalue weighted by atomic mass is 32.2. The van der Waals surface area contributed by atoms with Gasteiger partial charge in [-0.3, -0.25) is 4.79 Å². The van der Waals surface area contributed by atoms with Crippen LogP contribution in [0.3, 0.4) is 0 Å². The van der Waals surface area contributed by atoms with E-state index in [0.29, 0.717) is 6.04 Å². The molecule has 1 atom stereocenters. The molecular weight excluding hydrogens is 268 g/mol. The van der Waals surface area contributed by atoms with Crippen molar-refractivity contribution >= 4 is 28.6 Å². The van der Waals surface area contributed by atoms with Crippen molar-refractivity contribution in [3.63, 3.8) is 0 Å². The molecule has 1 N–H and O–H groups in total. The predicted molar refractivity (Wildman–Crippen MR) is 83.0 cm³/mol. The topological polar surface area (TPSA) is 42.0 Å². The molecule has 3 nitrogen and oxygen atoms in total. The fraction of sp³-hybridized carbons (Fsp3) is 0.375. The third kappa shape index (κ3) is 2.96. The van der Waals surface area contributed by atoms with Crippen LogP contribution in [0.4, 0.5) is 0 Å². The summed E-state index contributed by atoms with van der Waals surface area (Å²) in [5.41, 5.74) is 2.19. The number of fused-ring (bicyclic) bond motifs is 1. The first kappa shape index (κ1) is 13.4. The van der Waals surface area contributed by atoms with Crippen molar-refractivity contribution in [2.45, 2.75) is 43.0 Å². The normalized spacial score (nSPS) is 16.1. The van der Waals surface area contributed by atoms with Gasteiger partial charge in [0.15, 0.2) is 0 Å². The first-order valence-corrected chi connectivity index (χ1v) is 7.85. The molecule has 1 heterocycles. The minimum Gasteiger partial charge on any atom is -0.352 e. The SMILES string of the molecule is Cc1cc(S[C@H](C)C(=O)NC2CC2)nc2ccccc12. The van der Waals surface area contributed by atoms with E-state index in [1.54, 1.807) is 0 Å². The van der Waals surface area contributed by atoms with E-state index in [4.69, 9.17) is 0 Å². The molecule has 1 aromatic carbocycles. The van der Waals surface area contributed by atoms with E-state index < -0.39 is 0 Å². The number of rotatable bonds is 4. The molecule has 1 fully saturated rings. The average Bonchev–Trinajstić information content (AvgIpc) is 3.22. The third-order valence-corrected chi connectivity index (χ3v) is 4.51. The van der Waals surface area contributed by atoms with E-state index in [-0.39, 0.29) is 11.2 Å². The Balaban J connectivity index is 1.77. The highest BCUT2D eigenvalue weighted by molar-refractivity contribution is 8.00. The van der Waals surface area contributed by atoms with Gasteiger partial charge in [-0.15, -0.1) is 0 Å². The van der Waals surface area contributed by atoms with Gasteiger partial charge in [0, 0.05) is 11.4 Å². The van der Waals surface area contributed by atoms with Gasteiger partial charge in [-0.05, 0) is 44.4 Å². The van der Waals surface area contributed by atoms with Crippen LogP contribution in [0.5, 0.6) is 0 Å². The molecule has 4 heteroatoms. The van der Waals surface area contributed by atoms with Gasteiger partial charge in [-0.1, -0.05) is 30.0 Å². The predicted octanol–water partition coefficient (Wildman–Crippen LogP) is 3.30. The van der Waals surface area contributed by atoms with Crippen LogP contribution in [-0.2, 0) is 4.79 Å². The van der Waals surface area contributed by atoms with Crippen LogP contribution in [0.25, 0.3) is 10.9 Å². The van der Waals surface area contributed by atoms with Crippen LogP contribution >= 0.6 is 11.8 Å². The molecule has 2 aromatic rings. The molecule has 3 rings (SSSR count). The molecule has 1 aromatic heterocycles. The van der Waals surface area contributed by atoms with Crippen LogP contribution in [-0.4, -0.2) is 22.2 Å². The van der Waals surface area contributed by atoms with Gasteiger partial charge in [-0.2, -0.15) is 0 Å². The van der Waals surface area contributed by atoms with Crippen LogP contribution in [0.15, 0.2) is 35.4 Å². The summed E-state index contributed by atoms with van der Waals surface area (Å²) in [4.78, 5) is 16.6. The van der Waals surface area contributed by atoms with Crippen molar-refractivity contribution in [3.8, 4) is 0 Å². The van der Waals surface area contributed by atoms with E-state index in [1.807, 2.05) is 25.1 Å². The zero-order chi connectivity index (χ0) is 14.1. The number of benzene rings is 1. The number of amides is 1. The minimum atomic E-state index is -0.108. The molecule has 0 saturated heterocycles. The average molecular weight is 286 g/mol. The number of hydrogen-bond acceptors (Lipinski definition) is 3. The van der Waals surface area contributed by atoms with Gasteiger partial charge >= 0.3 is 0 Å². The molecule has 1 aliphatic rings. The van der Waals surface area contributed by atoms with Crippen molar-refractivity contribution in [1.82, 2.24) is 10.3 Å². The van der Waals surface area contributed by atoms with Crippen LogP contribution < -0.4 is 5.32 Å². The number of thioether (sulfide) groups is 1. The fourth-order valence-corrected chi connectivity index (χ4v) is 3.09. The van der Waals surface area contributed by atoms with E-state index in [1.165, 1.54) is 22.7 Å². The lowest BCUT2D eigenvalue weighted by atomic mass is 10.1. The Morgan fingerprint density at radius 1 is 1.40 bits per heavy atom. The van der Waals surface area contributed by atoms with E-state index >= 15 is 0 Å². The highest BCUT2D eigenvalue weighted by Crippen LogP contribution is 2.27. The van der Waals surface area contributed by atoms with Gasteiger partial charge in [0.1, 0.15) is 0 Å². The van der Waals surface area contributed by atoms with Gasteiger partial charge in [-0.25, -0.2) is 4.98 Å². The van der Waals surface area contributed by atoms with Gasteiger partial charge in [0.2, 0.25) is 5.91 Å². The van der Waals surface area contributed by atoms with E-state index in [2.05, 4.69) is 29.4 Å². The van der Waals surface area contributed by atoms with Crippen LogP contribution in [0.1, 0.15) is 25.3 Å². The molecule has 0 bridgehead atoms. The molecule has 1 aliphatic carbocycles. The molecule has 0 spiro atoms. The Kier molecular flexibility index (Phi) is 3.66. The quantitative estimate of drug-likeness (QED) is 0.877. The summed E-state index contributed by atoms with van der Waals surface area (Å²) in [7, 11) is 0. The Bertz CT molecular complexity index is 652. The number of pyridine rings is 1. The number of nitrogens with zero attached hydrogens (tertiary/aromatic N) is 1. The molecule has 0 radical (unpaired) electrons. The number of aryl methyl sites for hydroxylation is 1. The molecule has 1 saturated carbocycles. The van der Waals surface area contributed by atoms with Gasteiger partial charge in [0.05, 0.1) is 15.8 Å². The maximum absolute atomic E-state index is 12.0. The molecule has 20 heavy (non-hydrogen) atoms.